The molecule has 1 aromatic rings. The van der Waals surface area contributed by atoms with E-state index in [4.69, 9.17) is 4.74 Å². The third-order valence-electron chi connectivity index (χ3n) is 7.80. The third-order valence-corrected chi connectivity index (χ3v) is 8.44. The van der Waals surface area contributed by atoms with Gasteiger partial charge in [0.1, 0.15) is 0 Å². The molecule has 2 nitrogen and oxygen atoms in total. The van der Waals surface area contributed by atoms with Crippen molar-refractivity contribution < 1.29 is 4.74 Å². The molecule has 42 heavy (non-hydrogen) atoms. The van der Waals surface area contributed by atoms with E-state index in [1.165, 1.54) is 72.9 Å². The molecule has 3 atom stereocenters. The molecular weight excluding hydrogens is 531 g/mol. The number of hydrogen-bond donors (Lipinski definition) is 1. The highest BCUT2D eigenvalue weighted by atomic mass is 32.1. The second kappa shape index (κ2) is 21.2. The minimum Gasteiger partial charge on any atom is -0.381 e. The van der Waals surface area contributed by atoms with Gasteiger partial charge in [-0.3, -0.25) is 0 Å². The van der Waals surface area contributed by atoms with Crippen LogP contribution in [-0.4, -0.2) is 29.9 Å². The SMILES string of the molecule is C=C1C(S)C2CC(/C=C/COC)=C(C)N12.C=CC.C=CC.C=CCc1cc(CCCCC)ccc1C1C=C(C)CCC1. The lowest BCUT2D eigenvalue weighted by Crippen LogP contribution is -2.50. The van der Waals surface area contributed by atoms with E-state index in [9.17, 15) is 0 Å². The monoisotopic (exact) mass is 589 g/mol. The molecule has 0 aromatic heterocycles. The Kier molecular flexibility index (Phi) is 19.0. The molecule has 0 saturated carbocycles. The van der Waals surface area contributed by atoms with E-state index in [0.29, 0.717) is 23.8 Å². The summed E-state index contributed by atoms with van der Waals surface area (Å²) in [6, 6.07) is 7.71. The lowest BCUT2D eigenvalue weighted by Gasteiger charge is -2.46. The van der Waals surface area contributed by atoms with Crippen LogP contribution in [0.1, 0.15) is 102 Å². The number of allylic oxidation sites excluding steroid dienone is 7. The summed E-state index contributed by atoms with van der Waals surface area (Å²) >= 11 is 4.53. The van der Waals surface area contributed by atoms with Gasteiger partial charge in [-0.15, -0.1) is 19.7 Å². The van der Waals surface area contributed by atoms with Crippen LogP contribution < -0.4 is 0 Å². The van der Waals surface area contributed by atoms with Crippen LogP contribution >= 0.6 is 12.6 Å². The maximum atomic E-state index is 4.99. The normalized spacial score (nSPS) is 20.5. The standard InChI is InChI=1S/C21H30.C12H17NOS.2C3H6/c1-4-6-7-11-18-13-14-21(19(16-18)9-5-2)20-12-8-10-17(3)15-20;1-8-10(5-4-6-14-3)7-11-12(15)9(2)13(8)11;2*1-3-2/h5,13-16,20H,2,4,6-12H2,1,3H3;4-5,11-12,15H,2,6-7H2,1,3H3;2*3H,1H2,2H3/b;5-4+;;. The van der Waals surface area contributed by atoms with Crippen molar-refractivity contribution in [3.8, 4) is 0 Å². The zero-order valence-electron chi connectivity index (χ0n) is 27.6. The van der Waals surface area contributed by atoms with Gasteiger partial charge in [-0.2, -0.15) is 12.6 Å². The highest BCUT2D eigenvalue weighted by Gasteiger charge is 2.45. The van der Waals surface area contributed by atoms with E-state index in [2.05, 4.69) is 101 Å². The van der Waals surface area contributed by atoms with Gasteiger partial charge in [-0.05, 0) is 94.9 Å². The first kappa shape index (κ1) is 37.5. The van der Waals surface area contributed by atoms with Crippen LogP contribution in [0.25, 0.3) is 0 Å². The maximum Gasteiger partial charge on any atom is 0.0646 e. The highest BCUT2D eigenvalue weighted by molar-refractivity contribution is 7.81. The number of thiol groups is 1. The summed E-state index contributed by atoms with van der Waals surface area (Å²) in [4.78, 5) is 2.30. The Morgan fingerprint density at radius 1 is 1.10 bits per heavy atom. The molecule has 0 N–H and O–H groups in total. The molecule has 1 saturated heterocycles. The van der Waals surface area contributed by atoms with Crippen LogP contribution in [0.2, 0.25) is 0 Å². The number of methoxy groups -OCH3 is 1. The second-order valence-electron chi connectivity index (χ2n) is 11.4. The maximum absolute atomic E-state index is 4.99. The Balaban J connectivity index is 0.000000366. The fourth-order valence-corrected chi connectivity index (χ4v) is 6.11. The van der Waals surface area contributed by atoms with Crippen LogP contribution in [0.3, 0.4) is 0 Å². The van der Waals surface area contributed by atoms with Gasteiger partial charge < -0.3 is 9.64 Å². The van der Waals surface area contributed by atoms with Crippen molar-refractivity contribution in [1.82, 2.24) is 4.90 Å². The van der Waals surface area contributed by atoms with Crippen molar-refractivity contribution in [3.05, 3.63) is 120 Å². The number of hydrogen-bond acceptors (Lipinski definition) is 3. The first-order chi connectivity index (χ1) is 20.2. The number of fused-ring (bicyclic) bond motifs is 1. The van der Waals surface area contributed by atoms with E-state index in [1.807, 2.05) is 19.9 Å². The molecule has 1 aliphatic carbocycles. The van der Waals surface area contributed by atoms with Crippen LogP contribution in [-0.2, 0) is 17.6 Å². The summed E-state index contributed by atoms with van der Waals surface area (Å²) in [6.07, 6.45) is 23.4. The first-order valence-electron chi connectivity index (χ1n) is 15.8. The molecule has 4 rings (SSSR count). The van der Waals surface area contributed by atoms with E-state index in [0.717, 1.165) is 18.5 Å². The number of ether oxygens (including phenoxy) is 1. The smallest absolute Gasteiger partial charge is 0.0646 e. The summed E-state index contributed by atoms with van der Waals surface area (Å²) in [5.41, 5.74) is 9.93. The summed E-state index contributed by atoms with van der Waals surface area (Å²) in [7, 11) is 1.71. The van der Waals surface area contributed by atoms with Crippen LogP contribution in [0.5, 0.6) is 0 Å². The van der Waals surface area contributed by atoms with Crippen molar-refractivity contribution in [3.63, 3.8) is 0 Å². The minimum absolute atomic E-state index is 0.341. The predicted octanol–water partition coefficient (Wildman–Crippen LogP) is 11.1. The fraction of sp³-hybridized carbons (Fsp3) is 0.487. The van der Waals surface area contributed by atoms with Crippen LogP contribution in [0.4, 0.5) is 0 Å². The summed E-state index contributed by atoms with van der Waals surface area (Å²) in [5.74, 6) is 0.624. The highest BCUT2D eigenvalue weighted by Crippen LogP contribution is 2.46. The summed E-state index contributed by atoms with van der Waals surface area (Å²) < 4.78 is 4.99. The Bertz CT molecular complexity index is 1090. The zero-order valence-corrected chi connectivity index (χ0v) is 28.5. The largest absolute Gasteiger partial charge is 0.381 e. The molecule has 0 radical (unpaired) electrons. The van der Waals surface area contributed by atoms with Crippen molar-refractivity contribution in [2.45, 2.75) is 110 Å². The predicted molar refractivity (Wildman–Crippen MR) is 192 cm³/mol. The Morgan fingerprint density at radius 2 is 1.79 bits per heavy atom. The number of unbranched alkanes of at least 4 members (excludes halogenated alkanes) is 2. The minimum atomic E-state index is 0.341. The average Bonchev–Trinajstić information content (AvgIpc) is 3.27. The van der Waals surface area contributed by atoms with E-state index >= 15 is 0 Å². The number of benzene rings is 1. The van der Waals surface area contributed by atoms with Gasteiger partial charge in [-0.1, -0.05) is 86.6 Å². The molecule has 2 heterocycles. The van der Waals surface area contributed by atoms with Gasteiger partial charge in [-0.25, -0.2) is 0 Å². The lowest BCUT2D eigenvalue weighted by molar-refractivity contribution is 0.234. The molecule has 3 unspecified atom stereocenters. The number of aryl methyl sites for hydroxylation is 1. The molecular formula is C39H59NOS. The number of rotatable bonds is 10. The van der Waals surface area contributed by atoms with Crippen molar-refractivity contribution in [2.75, 3.05) is 13.7 Å². The van der Waals surface area contributed by atoms with Crippen LogP contribution in [0, 0.1) is 0 Å². The lowest BCUT2D eigenvalue weighted by atomic mass is 9.82. The third kappa shape index (κ3) is 11.7. The summed E-state index contributed by atoms with van der Waals surface area (Å²) in [6.45, 7) is 25.8. The zero-order chi connectivity index (χ0) is 31.5. The van der Waals surface area contributed by atoms with Crippen molar-refractivity contribution >= 4 is 12.6 Å². The molecule has 1 fully saturated rings. The fourth-order valence-electron chi connectivity index (χ4n) is 5.75. The van der Waals surface area contributed by atoms with Crippen LogP contribution in [0.15, 0.2) is 104 Å². The van der Waals surface area contributed by atoms with Gasteiger partial charge in [0.15, 0.2) is 0 Å². The van der Waals surface area contributed by atoms with Gasteiger partial charge in [0, 0.05) is 24.4 Å². The first-order valence-corrected chi connectivity index (χ1v) is 16.3. The molecule has 0 bridgehead atoms. The average molecular weight is 590 g/mol. The molecule has 3 heteroatoms. The Morgan fingerprint density at radius 3 is 2.36 bits per heavy atom. The molecule has 0 amide bonds. The Labute approximate surface area is 265 Å². The molecule has 232 valence electrons. The Hall–Kier alpha value is -2.49. The second-order valence-corrected chi connectivity index (χ2v) is 11.9. The van der Waals surface area contributed by atoms with E-state index in [1.54, 1.807) is 24.8 Å². The molecule has 2 aliphatic heterocycles. The molecule has 1 aromatic carbocycles. The van der Waals surface area contributed by atoms with E-state index in [-0.39, 0.29) is 0 Å². The van der Waals surface area contributed by atoms with Gasteiger partial charge >= 0.3 is 0 Å². The van der Waals surface area contributed by atoms with Gasteiger partial charge in [0.2, 0.25) is 0 Å². The van der Waals surface area contributed by atoms with Gasteiger partial charge in [0.25, 0.3) is 0 Å². The van der Waals surface area contributed by atoms with Gasteiger partial charge in [0.05, 0.1) is 17.9 Å². The van der Waals surface area contributed by atoms with E-state index < -0.39 is 0 Å². The topological polar surface area (TPSA) is 12.5 Å². The number of nitrogens with zero attached hydrogens (tertiary/aromatic N) is 1. The molecule has 3 aliphatic rings. The molecule has 0 spiro atoms. The quantitative estimate of drug-likeness (QED) is 0.166. The summed E-state index contributed by atoms with van der Waals surface area (Å²) in [5, 5.41) is 0.341. The van der Waals surface area contributed by atoms with Crippen molar-refractivity contribution in [1.29, 1.82) is 0 Å². The van der Waals surface area contributed by atoms with Crippen molar-refractivity contribution in [2.24, 2.45) is 0 Å².